The number of halogens is 2. The maximum absolute atomic E-state index is 5.86. The van der Waals surface area contributed by atoms with Gasteiger partial charge in [0.25, 0.3) is 0 Å². The Balaban J connectivity index is 2.25. The molecule has 0 amide bonds. The number of hydrogen-bond donors (Lipinski definition) is 1. The van der Waals surface area contributed by atoms with Crippen LogP contribution in [0.15, 0.2) is 22.7 Å². The number of rotatable bonds is 6. The Morgan fingerprint density at radius 3 is 3.00 bits per heavy atom. The van der Waals surface area contributed by atoms with Gasteiger partial charge in [0.2, 0.25) is 0 Å². The highest BCUT2D eigenvalue weighted by Crippen LogP contribution is 2.21. The molecule has 0 aliphatic rings. The number of nitrogens with one attached hydrogen (secondary N) is 1. The standard InChI is InChI=1S/C12H13BrClNS/c1-2-6-16-7-5-15-9-10-3-4-11(14)8-12(10)13/h1,3-4,8,15H,5-7,9H2. The Morgan fingerprint density at radius 1 is 1.50 bits per heavy atom. The largest absolute Gasteiger partial charge is 0.312 e. The first-order valence-corrected chi connectivity index (χ1v) is 7.22. The van der Waals surface area contributed by atoms with Crippen molar-refractivity contribution >= 4 is 39.3 Å². The first-order chi connectivity index (χ1) is 7.74. The van der Waals surface area contributed by atoms with Crippen molar-refractivity contribution in [3.8, 4) is 12.3 Å². The zero-order valence-corrected chi connectivity index (χ0v) is 12.0. The van der Waals surface area contributed by atoms with Crippen LogP contribution < -0.4 is 5.32 Å². The fraction of sp³-hybridized carbons (Fsp3) is 0.333. The molecule has 1 aromatic rings. The van der Waals surface area contributed by atoms with E-state index < -0.39 is 0 Å². The highest BCUT2D eigenvalue weighted by Gasteiger charge is 1.99. The Bertz CT molecular complexity index is 376. The van der Waals surface area contributed by atoms with Crippen molar-refractivity contribution in [2.75, 3.05) is 18.1 Å². The molecule has 0 aromatic heterocycles. The van der Waals surface area contributed by atoms with Crippen LogP contribution in [0.2, 0.25) is 5.02 Å². The van der Waals surface area contributed by atoms with E-state index in [2.05, 4.69) is 27.2 Å². The number of thioether (sulfide) groups is 1. The Hall–Kier alpha value is -0.140. The van der Waals surface area contributed by atoms with Crippen LogP contribution in [0.25, 0.3) is 0 Å². The van der Waals surface area contributed by atoms with Crippen LogP contribution in [0, 0.1) is 12.3 Å². The quantitative estimate of drug-likeness (QED) is 0.636. The minimum Gasteiger partial charge on any atom is -0.312 e. The van der Waals surface area contributed by atoms with E-state index in [1.807, 2.05) is 18.2 Å². The lowest BCUT2D eigenvalue weighted by Gasteiger charge is -2.06. The van der Waals surface area contributed by atoms with Crippen molar-refractivity contribution in [2.24, 2.45) is 0 Å². The van der Waals surface area contributed by atoms with Gasteiger partial charge in [0.1, 0.15) is 0 Å². The summed E-state index contributed by atoms with van der Waals surface area (Å²) in [6, 6.07) is 5.83. The molecule has 0 fully saturated rings. The third kappa shape index (κ3) is 5.27. The molecule has 1 N–H and O–H groups in total. The Kier molecular flexibility index (Phi) is 6.98. The Morgan fingerprint density at radius 2 is 2.31 bits per heavy atom. The average molecular weight is 319 g/mol. The summed E-state index contributed by atoms with van der Waals surface area (Å²) in [5.74, 6) is 4.43. The van der Waals surface area contributed by atoms with Crippen LogP contribution >= 0.6 is 39.3 Å². The lowest BCUT2D eigenvalue weighted by atomic mass is 10.2. The van der Waals surface area contributed by atoms with Crippen molar-refractivity contribution in [3.63, 3.8) is 0 Å². The van der Waals surface area contributed by atoms with Crippen LogP contribution in [-0.4, -0.2) is 18.1 Å². The van der Waals surface area contributed by atoms with Gasteiger partial charge < -0.3 is 5.32 Å². The fourth-order valence-electron chi connectivity index (χ4n) is 1.16. The van der Waals surface area contributed by atoms with Crippen molar-refractivity contribution < 1.29 is 0 Å². The van der Waals surface area contributed by atoms with Gasteiger partial charge in [-0.25, -0.2) is 0 Å². The molecular weight excluding hydrogens is 306 g/mol. The number of benzene rings is 1. The van der Waals surface area contributed by atoms with Crippen LogP contribution in [0.3, 0.4) is 0 Å². The third-order valence-corrected chi connectivity index (χ3v) is 3.78. The fourth-order valence-corrected chi connectivity index (χ4v) is 2.54. The van der Waals surface area contributed by atoms with Gasteiger partial charge in [-0.3, -0.25) is 0 Å². The summed E-state index contributed by atoms with van der Waals surface area (Å²) in [4.78, 5) is 0. The summed E-state index contributed by atoms with van der Waals surface area (Å²) in [5, 5.41) is 4.11. The van der Waals surface area contributed by atoms with E-state index in [4.69, 9.17) is 18.0 Å². The van der Waals surface area contributed by atoms with E-state index in [0.717, 1.165) is 34.1 Å². The smallest absolute Gasteiger partial charge is 0.0545 e. The SMILES string of the molecule is C#CCSCCNCc1ccc(Cl)cc1Br. The van der Waals surface area contributed by atoms with Crippen LogP contribution in [0.1, 0.15) is 5.56 Å². The number of hydrogen-bond acceptors (Lipinski definition) is 2. The highest BCUT2D eigenvalue weighted by molar-refractivity contribution is 9.10. The monoisotopic (exact) mass is 317 g/mol. The van der Waals surface area contributed by atoms with Crippen molar-refractivity contribution in [3.05, 3.63) is 33.3 Å². The molecule has 1 aromatic carbocycles. The predicted octanol–water partition coefficient (Wildman–Crippen LogP) is 3.56. The lowest BCUT2D eigenvalue weighted by Crippen LogP contribution is -2.16. The van der Waals surface area contributed by atoms with Gasteiger partial charge in [-0.05, 0) is 17.7 Å². The number of terminal acetylenes is 1. The maximum Gasteiger partial charge on any atom is 0.0545 e. The molecule has 0 aliphatic heterocycles. The van der Waals surface area contributed by atoms with Gasteiger partial charge in [-0.1, -0.05) is 39.5 Å². The van der Waals surface area contributed by atoms with Gasteiger partial charge in [-0.15, -0.1) is 18.2 Å². The first-order valence-electron chi connectivity index (χ1n) is 4.90. The molecule has 1 nitrogen and oxygen atoms in total. The molecule has 86 valence electrons. The van der Waals surface area contributed by atoms with E-state index in [1.165, 1.54) is 5.56 Å². The predicted molar refractivity (Wildman–Crippen MR) is 77.0 cm³/mol. The van der Waals surface area contributed by atoms with Gasteiger partial charge in [0.05, 0.1) is 5.75 Å². The average Bonchev–Trinajstić information content (AvgIpc) is 2.26. The molecule has 4 heteroatoms. The molecule has 0 bridgehead atoms. The third-order valence-electron chi connectivity index (χ3n) is 1.94. The summed E-state index contributed by atoms with van der Waals surface area (Å²) < 4.78 is 1.05. The lowest BCUT2D eigenvalue weighted by molar-refractivity contribution is 0.730. The van der Waals surface area contributed by atoms with Gasteiger partial charge in [-0.2, -0.15) is 0 Å². The molecule has 1 rings (SSSR count). The minimum atomic E-state index is 0.750. The molecule has 0 unspecified atom stereocenters. The topological polar surface area (TPSA) is 12.0 Å². The summed E-state index contributed by atoms with van der Waals surface area (Å²) in [7, 11) is 0. The first kappa shape index (κ1) is 13.9. The molecule has 0 heterocycles. The van der Waals surface area contributed by atoms with Crippen molar-refractivity contribution in [2.45, 2.75) is 6.54 Å². The Labute approximate surface area is 114 Å². The molecule has 0 aliphatic carbocycles. The molecule has 0 spiro atoms. The van der Waals surface area contributed by atoms with Gasteiger partial charge in [0, 0.05) is 28.3 Å². The molecule has 16 heavy (non-hydrogen) atoms. The molecule has 0 saturated carbocycles. The second-order valence-electron chi connectivity index (χ2n) is 3.17. The molecule has 0 radical (unpaired) electrons. The summed E-state index contributed by atoms with van der Waals surface area (Å²) in [5.41, 5.74) is 1.21. The molecule has 0 atom stereocenters. The summed E-state index contributed by atoms with van der Waals surface area (Å²) in [6.07, 6.45) is 5.16. The summed E-state index contributed by atoms with van der Waals surface area (Å²) in [6.45, 7) is 1.80. The second kappa shape index (κ2) is 8.03. The van der Waals surface area contributed by atoms with E-state index in [-0.39, 0.29) is 0 Å². The van der Waals surface area contributed by atoms with Crippen LogP contribution in [-0.2, 0) is 6.54 Å². The molecular formula is C12H13BrClNS. The van der Waals surface area contributed by atoms with Crippen molar-refractivity contribution in [1.29, 1.82) is 0 Å². The summed E-state index contributed by atoms with van der Waals surface area (Å²) >= 11 is 11.1. The second-order valence-corrected chi connectivity index (χ2v) is 5.57. The highest BCUT2D eigenvalue weighted by atomic mass is 79.9. The zero-order chi connectivity index (χ0) is 11.8. The minimum absolute atomic E-state index is 0.750. The van der Waals surface area contributed by atoms with Gasteiger partial charge >= 0.3 is 0 Å². The van der Waals surface area contributed by atoms with Gasteiger partial charge in [0.15, 0.2) is 0 Å². The normalized spacial score (nSPS) is 10.1. The van der Waals surface area contributed by atoms with E-state index >= 15 is 0 Å². The van der Waals surface area contributed by atoms with E-state index in [0.29, 0.717) is 0 Å². The van der Waals surface area contributed by atoms with E-state index in [9.17, 15) is 0 Å². The van der Waals surface area contributed by atoms with E-state index in [1.54, 1.807) is 11.8 Å². The van der Waals surface area contributed by atoms with Crippen molar-refractivity contribution in [1.82, 2.24) is 5.32 Å². The maximum atomic E-state index is 5.86. The molecule has 0 saturated heterocycles. The van der Waals surface area contributed by atoms with Crippen LogP contribution in [0.5, 0.6) is 0 Å². The van der Waals surface area contributed by atoms with Crippen LogP contribution in [0.4, 0.5) is 0 Å². The zero-order valence-electron chi connectivity index (χ0n) is 8.80.